The summed E-state index contributed by atoms with van der Waals surface area (Å²) >= 11 is 1.44. The molecule has 60 valence electrons. The summed E-state index contributed by atoms with van der Waals surface area (Å²) in [5, 5.41) is 9.21. The van der Waals surface area contributed by atoms with Crippen LogP contribution in [-0.2, 0) is 11.2 Å². The smallest absolute Gasteiger partial charge is 0.309 e. The van der Waals surface area contributed by atoms with Crippen molar-refractivity contribution in [3.8, 4) is 0 Å². The van der Waals surface area contributed by atoms with Crippen LogP contribution in [0.4, 0.5) is 0 Å². The zero-order valence-corrected chi connectivity index (χ0v) is 6.81. The lowest BCUT2D eigenvalue weighted by molar-refractivity contribution is -0.136. The summed E-state index contributed by atoms with van der Waals surface area (Å²) in [4.78, 5) is 17.0. The molecule has 0 fully saturated rings. The van der Waals surface area contributed by atoms with Gasteiger partial charge < -0.3 is 10.1 Å². The molecule has 0 unspecified atom stereocenters. The molecule has 5 heteroatoms. The summed E-state index contributed by atoms with van der Waals surface area (Å²) in [6.45, 7) is 0. The molecule has 0 bridgehead atoms. The van der Waals surface area contributed by atoms with Crippen molar-refractivity contribution in [2.75, 3.05) is 6.26 Å². The van der Waals surface area contributed by atoms with E-state index in [2.05, 4.69) is 9.97 Å². The first-order valence-corrected chi connectivity index (χ1v) is 4.24. The zero-order valence-electron chi connectivity index (χ0n) is 6.00. The molecule has 0 aromatic carbocycles. The highest BCUT2D eigenvalue weighted by Gasteiger charge is 2.07. The third kappa shape index (κ3) is 1.98. The normalized spacial score (nSPS) is 9.91. The van der Waals surface area contributed by atoms with Crippen LogP contribution in [0.15, 0.2) is 11.4 Å². The van der Waals surface area contributed by atoms with Crippen LogP contribution in [0, 0.1) is 0 Å². The Kier molecular flexibility index (Phi) is 2.53. The maximum absolute atomic E-state index is 10.3. The third-order valence-corrected chi connectivity index (χ3v) is 1.94. The molecule has 0 aliphatic carbocycles. The predicted octanol–water partition coefficient (Wildman–Crippen LogP) is 0.759. The van der Waals surface area contributed by atoms with Crippen LogP contribution < -0.4 is 0 Å². The van der Waals surface area contributed by atoms with E-state index < -0.39 is 5.97 Å². The summed E-state index contributed by atoms with van der Waals surface area (Å²) in [7, 11) is 0. The molecule has 0 saturated heterocycles. The molecule has 2 N–H and O–H groups in total. The van der Waals surface area contributed by atoms with E-state index in [0.717, 1.165) is 5.03 Å². The summed E-state index contributed by atoms with van der Waals surface area (Å²) < 4.78 is 0. The van der Waals surface area contributed by atoms with Crippen LogP contribution in [-0.4, -0.2) is 27.3 Å². The number of nitrogens with one attached hydrogen (secondary N) is 1. The average molecular weight is 172 g/mol. The molecule has 4 nitrogen and oxygen atoms in total. The van der Waals surface area contributed by atoms with Gasteiger partial charge in [-0.1, -0.05) is 0 Å². The Morgan fingerprint density at radius 1 is 1.91 bits per heavy atom. The summed E-state index contributed by atoms with van der Waals surface area (Å²) in [5.41, 5.74) is 0.671. The maximum Gasteiger partial charge on any atom is 0.309 e. The molecule has 1 rings (SSSR count). The number of aromatic amines is 1. The van der Waals surface area contributed by atoms with Crippen LogP contribution >= 0.6 is 11.8 Å². The number of nitrogens with zero attached hydrogens (tertiary/aromatic N) is 1. The van der Waals surface area contributed by atoms with Gasteiger partial charge in [0, 0.05) is 0 Å². The summed E-state index contributed by atoms with van der Waals surface area (Å²) in [6.07, 6.45) is 3.38. The van der Waals surface area contributed by atoms with E-state index in [1.165, 1.54) is 18.1 Å². The highest BCUT2D eigenvalue weighted by Crippen LogP contribution is 2.15. The Balaban J connectivity index is 2.76. The summed E-state index contributed by atoms with van der Waals surface area (Å²) in [5.74, 6) is -0.843. The second-order valence-electron chi connectivity index (χ2n) is 1.96. The van der Waals surface area contributed by atoms with Gasteiger partial charge in [0.25, 0.3) is 0 Å². The number of hydrogen-bond acceptors (Lipinski definition) is 3. The van der Waals surface area contributed by atoms with Gasteiger partial charge in [0.2, 0.25) is 0 Å². The van der Waals surface area contributed by atoms with Crippen LogP contribution in [0.5, 0.6) is 0 Å². The lowest BCUT2D eigenvalue weighted by atomic mass is 10.3. The lowest BCUT2D eigenvalue weighted by Gasteiger charge is -1.93. The lowest BCUT2D eigenvalue weighted by Crippen LogP contribution is -2.01. The largest absolute Gasteiger partial charge is 0.481 e. The second kappa shape index (κ2) is 3.43. The topological polar surface area (TPSA) is 66.0 Å². The van der Waals surface area contributed by atoms with Crippen LogP contribution in [0.1, 0.15) is 5.69 Å². The van der Waals surface area contributed by atoms with Crippen molar-refractivity contribution in [2.24, 2.45) is 0 Å². The Morgan fingerprint density at radius 3 is 3.18 bits per heavy atom. The van der Waals surface area contributed by atoms with E-state index in [1.807, 2.05) is 6.26 Å². The quantitative estimate of drug-likeness (QED) is 0.660. The monoisotopic (exact) mass is 172 g/mol. The van der Waals surface area contributed by atoms with Gasteiger partial charge in [-0.25, -0.2) is 4.98 Å². The Morgan fingerprint density at radius 2 is 2.64 bits per heavy atom. The van der Waals surface area contributed by atoms with E-state index in [-0.39, 0.29) is 6.42 Å². The minimum Gasteiger partial charge on any atom is -0.481 e. The molecule has 0 aliphatic heterocycles. The SMILES string of the molecule is CSc1nc[nH]c1CC(=O)O. The standard InChI is InChI=1S/C6H8N2O2S/c1-11-6-4(2-5(9)10)7-3-8-6/h3H,2H2,1H3,(H,7,8)(H,9,10). The third-order valence-electron chi connectivity index (χ3n) is 1.20. The van der Waals surface area contributed by atoms with Gasteiger partial charge >= 0.3 is 5.97 Å². The van der Waals surface area contributed by atoms with Gasteiger partial charge in [-0.15, -0.1) is 11.8 Å². The Hall–Kier alpha value is -0.970. The molecule has 1 aromatic heterocycles. The minimum absolute atomic E-state index is 0.0101. The first kappa shape index (κ1) is 8.13. The van der Waals surface area contributed by atoms with Gasteiger partial charge in [-0.2, -0.15) is 0 Å². The van der Waals surface area contributed by atoms with E-state index in [4.69, 9.17) is 5.11 Å². The zero-order chi connectivity index (χ0) is 8.27. The number of carboxylic acid groups (broad SMARTS) is 1. The van der Waals surface area contributed by atoms with Gasteiger partial charge in [-0.3, -0.25) is 4.79 Å². The molecular weight excluding hydrogens is 164 g/mol. The first-order chi connectivity index (χ1) is 5.24. The van der Waals surface area contributed by atoms with Crippen molar-refractivity contribution in [3.05, 3.63) is 12.0 Å². The second-order valence-corrected chi connectivity index (χ2v) is 2.76. The molecule has 11 heavy (non-hydrogen) atoms. The molecule has 0 spiro atoms. The molecule has 1 aromatic rings. The predicted molar refractivity (Wildman–Crippen MR) is 41.7 cm³/mol. The van der Waals surface area contributed by atoms with E-state index in [1.54, 1.807) is 0 Å². The molecular formula is C6H8N2O2S. The number of imidazole rings is 1. The van der Waals surface area contributed by atoms with E-state index >= 15 is 0 Å². The molecule has 1 heterocycles. The van der Waals surface area contributed by atoms with Gasteiger partial charge in [-0.05, 0) is 6.26 Å². The van der Waals surface area contributed by atoms with Gasteiger partial charge in [0.15, 0.2) is 0 Å². The van der Waals surface area contributed by atoms with E-state index in [0.29, 0.717) is 5.69 Å². The molecule has 0 saturated carbocycles. The number of carbonyl (C=O) groups is 1. The highest BCUT2D eigenvalue weighted by molar-refractivity contribution is 7.98. The van der Waals surface area contributed by atoms with Gasteiger partial charge in [0.1, 0.15) is 5.03 Å². The minimum atomic E-state index is -0.843. The van der Waals surface area contributed by atoms with Crippen molar-refractivity contribution in [1.29, 1.82) is 0 Å². The fourth-order valence-corrected chi connectivity index (χ4v) is 1.30. The van der Waals surface area contributed by atoms with Crippen molar-refractivity contribution in [1.82, 2.24) is 9.97 Å². The van der Waals surface area contributed by atoms with Crippen molar-refractivity contribution in [3.63, 3.8) is 0 Å². The fraction of sp³-hybridized carbons (Fsp3) is 0.333. The highest BCUT2D eigenvalue weighted by atomic mass is 32.2. The summed E-state index contributed by atoms with van der Waals surface area (Å²) in [6, 6.07) is 0. The van der Waals surface area contributed by atoms with Crippen molar-refractivity contribution < 1.29 is 9.90 Å². The number of rotatable bonds is 3. The number of hydrogen-bond donors (Lipinski definition) is 2. The first-order valence-electron chi connectivity index (χ1n) is 3.02. The average Bonchev–Trinajstić information content (AvgIpc) is 2.34. The number of aromatic nitrogens is 2. The van der Waals surface area contributed by atoms with Crippen molar-refractivity contribution in [2.45, 2.75) is 11.4 Å². The van der Waals surface area contributed by atoms with E-state index in [9.17, 15) is 4.79 Å². The number of thioether (sulfide) groups is 1. The maximum atomic E-state index is 10.3. The Bertz CT molecular complexity index is 259. The van der Waals surface area contributed by atoms with Crippen LogP contribution in [0.25, 0.3) is 0 Å². The molecule has 0 radical (unpaired) electrons. The number of H-pyrrole nitrogens is 1. The number of carboxylic acids is 1. The van der Waals surface area contributed by atoms with Crippen LogP contribution in [0.2, 0.25) is 0 Å². The molecule has 0 atom stereocenters. The van der Waals surface area contributed by atoms with Gasteiger partial charge in [0.05, 0.1) is 18.4 Å². The van der Waals surface area contributed by atoms with Crippen LogP contribution in [0.3, 0.4) is 0 Å². The fourth-order valence-electron chi connectivity index (χ4n) is 0.762. The number of aliphatic carboxylic acids is 1. The molecule has 0 amide bonds. The molecule has 0 aliphatic rings. The van der Waals surface area contributed by atoms with Crippen molar-refractivity contribution >= 4 is 17.7 Å². The Labute approximate surface area is 68.0 Å².